The third-order valence-corrected chi connectivity index (χ3v) is 4.14. The van der Waals surface area contributed by atoms with Crippen LogP contribution in [0.1, 0.15) is 0 Å². The van der Waals surface area contributed by atoms with Crippen LogP contribution in [-0.4, -0.2) is 18.6 Å². The number of ether oxygens (including phenoxy) is 2. The molecular formula is C15H11Br2NO3. The van der Waals surface area contributed by atoms with Gasteiger partial charge in [0, 0.05) is 8.95 Å². The smallest absolute Gasteiger partial charge is 0.269 e. The van der Waals surface area contributed by atoms with E-state index < -0.39 is 6.10 Å². The van der Waals surface area contributed by atoms with Crippen molar-refractivity contribution in [3.8, 4) is 11.5 Å². The minimum atomic E-state index is -0.671. The van der Waals surface area contributed by atoms with Gasteiger partial charge in [-0.1, -0.05) is 28.1 Å². The van der Waals surface area contributed by atoms with Gasteiger partial charge in [-0.2, -0.15) is 0 Å². The number of halogens is 2. The van der Waals surface area contributed by atoms with E-state index in [1.165, 1.54) is 0 Å². The summed E-state index contributed by atoms with van der Waals surface area (Å²) < 4.78 is 12.9. The summed E-state index contributed by atoms with van der Waals surface area (Å²) in [6.45, 7) is 0.191. The Balaban J connectivity index is 1.72. The van der Waals surface area contributed by atoms with Crippen molar-refractivity contribution >= 4 is 43.5 Å². The summed E-state index contributed by atoms with van der Waals surface area (Å²) in [5.41, 5.74) is 0.686. The van der Waals surface area contributed by atoms with Gasteiger partial charge < -0.3 is 14.8 Å². The van der Waals surface area contributed by atoms with Crippen molar-refractivity contribution in [1.82, 2.24) is 0 Å². The highest BCUT2D eigenvalue weighted by molar-refractivity contribution is 9.11. The zero-order valence-corrected chi connectivity index (χ0v) is 14.0. The van der Waals surface area contributed by atoms with Gasteiger partial charge in [0.2, 0.25) is 6.10 Å². The zero-order chi connectivity index (χ0) is 14.8. The third-order valence-electron chi connectivity index (χ3n) is 2.99. The number of amides is 1. The van der Waals surface area contributed by atoms with E-state index in [1.807, 2.05) is 36.4 Å². The molecule has 0 radical (unpaired) electrons. The van der Waals surface area contributed by atoms with E-state index in [0.29, 0.717) is 17.2 Å². The van der Waals surface area contributed by atoms with Crippen LogP contribution in [-0.2, 0) is 4.79 Å². The minimum Gasteiger partial charge on any atom is -0.485 e. The Morgan fingerprint density at radius 1 is 1.14 bits per heavy atom. The van der Waals surface area contributed by atoms with Crippen LogP contribution in [0, 0.1) is 0 Å². The second-order valence-corrected chi connectivity index (χ2v) is 6.25. The van der Waals surface area contributed by atoms with Crippen molar-refractivity contribution in [3.05, 3.63) is 51.4 Å². The number of benzene rings is 2. The lowest BCUT2D eigenvalue weighted by molar-refractivity contribution is -0.125. The topological polar surface area (TPSA) is 47.6 Å². The molecule has 0 bridgehead atoms. The fourth-order valence-corrected chi connectivity index (χ4v) is 3.10. The number of anilines is 1. The number of carbonyl (C=O) groups excluding carboxylic acids is 1. The predicted octanol–water partition coefficient (Wildman–Crippen LogP) is 3.99. The number of hydrogen-bond donors (Lipinski definition) is 1. The Morgan fingerprint density at radius 2 is 1.90 bits per heavy atom. The molecule has 2 aromatic carbocycles. The lowest BCUT2D eigenvalue weighted by Crippen LogP contribution is -2.40. The first-order valence-electron chi connectivity index (χ1n) is 6.28. The molecule has 0 aromatic heterocycles. The number of carbonyl (C=O) groups is 1. The van der Waals surface area contributed by atoms with Gasteiger partial charge >= 0.3 is 0 Å². The van der Waals surface area contributed by atoms with Gasteiger partial charge in [-0.25, -0.2) is 0 Å². The molecule has 0 saturated heterocycles. The molecule has 1 atom stereocenters. The molecule has 1 aliphatic heterocycles. The monoisotopic (exact) mass is 411 g/mol. The maximum atomic E-state index is 12.3. The summed E-state index contributed by atoms with van der Waals surface area (Å²) in [5, 5.41) is 2.83. The quantitative estimate of drug-likeness (QED) is 0.811. The average molecular weight is 413 g/mol. The standard InChI is InChI=1S/C15H11Br2NO3/c16-9-5-6-11(10(17)7-9)18-15(19)14-8-20-12-3-1-2-4-13(12)21-14/h1-7,14H,8H2,(H,18,19)/t14-/m1/s1. The predicted molar refractivity (Wildman–Crippen MR) is 86.8 cm³/mol. The van der Waals surface area contributed by atoms with E-state index >= 15 is 0 Å². The van der Waals surface area contributed by atoms with Gasteiger partial charge in [-0.05, 0) is 46.3 Å². The van der Waals surface area contributed by atoms with Crippen LogP contribution in [0.4, 0.5) is 5.69 Å². The van der Waals surface area contributed by atoms with Crippen molar-refractivity contribution in [2.75, 3.05) is 11.9 Å². The van der Waals surface area contributed by atoms with E-state index in [-0.39, 0.29) is 12.5 Å². The van der Waals surface area contributed by atoms with Crippen LogP contribution < -0.4 is 14.8 Å². The normalized spacial score (nSPS) is 16.4. The van der Waals surface area contributed by atoms with E-state index in [1.54, 1.807) is 6.07 Å². The van der Waals surface area contributed by atoms with Crippen LogP contribution in [0.15, 0.2) is 51.4 Å². The molecular weight excluding hydrogens is 402 g/mol. The molecule has 6 heteroatoms. The second kappa shape index (κ2) is 6.07. The molecule has 1 amide bonds. The van der Waals surface area contributed by atoms with E-state index in [0.717, 1.165) is 8.95 Å². The lowest BCUT2D eigenvalue weighted by Gasteiger charge is -2.25. The molecule has 0 spiro atoms. The van der Waals surface area contributed by atoms with Crippen LogP contribution in [0.25, 0.3) is 0 Å². The van der Waals surface area contributed by atoms with Gasteiger partial charge in [-0.15, -0.1) is 0 Å². The molecule has 0 saturated carbocycles. The van der Waals surface area contributed by atoms with Gasteiger partial charge in [0.1, 0.15) is 6.61 Å². The van der Waals surface area contributed by atoms with Crippen molar-refractivity contribution in [2.24, 2.45) is 0 Å². The van der Waals surface area contributed by atoms with Crippen LogP contribution >= 0.6 is 31.9 Å². The first-order valence-corrected chi connectivity index (χ1v) is 7.86. The van der Waals surface area contributed by atoms with Crippen molar-refractivity contribution in [1.29, 1.82) is 0 Å². The second-order valence-electron chi connectivity index (χ2n) is 4.48. The van der Waals surface area contributed by atoms with Crippen LogP contribution in [0.5, 0.6) is 11.5 Å². The summed E-state index contributed by atoms with van der Waals surface area (Å²) in [6.07, 6.45) is -0.671. The highest BCUT2D eigenvalue weighted by atomic mass is 79.9. The lowest BCUT2D eigenvalue weighted by atomic mass is 10.2. The average Bonchev–Trinajstić information content (AvgIpc) is 2.49. The third kappa shape index (κ3) is 3.22. The van der Waals surface area contributed by atoms with E-state index in [4.69, 9.17) is 9.47 Å². The van der Waals surface area contributed by atoms with E-state index in [9.17, 15) is 4.79 Å². The Labute approximate surface area is 138 Å². The number of hydrogen-bond acceptors (Lipinski definition) is 3. The molecule has 3 rings (SSSR count). The number of rotatable bonds is 2. The largest absolute Gasteiger partial charge is 0.485 e. The molecule has 0 fully saturated rings. The fraction of sp³-hybridized carbons (Fsp3) is 0.133. The summed E-state index contributed by atoms with van der Waals surface area (Å²) >= 11 is 6.78. The van der Waals surface area contributed by atoms with Gasteiger partial charge in [-0.3, -0.25) is 4.79 Å². The summed E-state index contributed by atoms with van der Waals surface area (Å²) in [7, 11) is 0. The molecule has 21 heavy (non-hydrogen) atoms. The molecule has 0 aliphatic carbocycles. The Bertz CT molecular complexity index is 690. The molecule has 2 aromatic rings. The number of fused-ring (bicyclic) bond motifs is 1. The summed E-state index contributed by atoms with van der Waals surface area (Å²) in [6, 6.07) is 12.8. The first kappa shape index (κ1) is 14.4. The highest BCUT2D eigenvalue weighted by Crippen LogP contribution is 2.31. The molecule has 1 aliphatic rings. The van der Waals surface area contributed by atoms with Crippen molar-refractivity contribution < 1.29 is 14.3 Å². The van der Waals surface area contributed by atoms with E-state index in [2.05, 4.69) is 37.2 Å². The van der Waals surface area contributed by atoms with Gasteiger partial charge in [0.15, 0.2) is 11.5 Å². The summed E-state index contributed by atoms with van der Waals surface area (Å²) in [4.78, 5) is 12.3. The molecule has 1 heterocycles. The maximum Gasteiger partial charge on any atom is 0.269 e. The molecule has 0 unspecified atom stereocenters. The van der Waals surface area contributed by atoms with Gasteiger partial charge in [0.25, 0.3) is 5.91 Å². The fourth-order valence-electron chi connectivity index (χ4n) is 1.95. The van der Waals surface area contributed by atoms with Crippen LogP contribution in [0.3, 0.4) is 0 Å². The Hall–Kier alpha value is -1.53. The van der Waals surface area contributed by atoms with Gasteiger partial charge in [0.05, 0.1) is 5.69 Å². The number of para-hydroxylation sites is 2. The first-order chi connectivity index (χ1) is 10.1. The minimum absolute atomic E-state index is 0.191. The van der Waals surface area contributed by atoms with Crippen LogP contribution in [0.2, 0.25) is 0 Å². The number of nitrogens with one attached hydrogen (secondary N) is 1. The molecule has 108 valence electrons. The SMILES string of the molecule is O=C(Nc1ccc(Br)cc1Br)[C@H]1COc2ccccc2O1. The van der Waals surface area contributed by atoms with Crippen molar-refractivity contribution in [2.45, 2.75) is 6.10 Å². The molecule has 4 nitrogen and oxygen atoms in total. The molecule has 1 N–H and O–H groups in total. The van der Waals surface area contributed by atoms with Crippen molar-refractivity contribution in [3.63, 3.8) is 0 Å². The Kier molecular flexibility index (Phi) is 4.17. The highest BCUT2D eigenvalue weighted by Gasteiger charge is 2.27. The Morgan fingerprint density at radius 3 is 2.67 bits per heavy atom. The summed E-state index contributed by atoms with van der Waals surface area (Å²) in [5.74, 6) is 0.998. The maximum absolute atomic E-state index is 12.3. The zero-order valence-electron chi connectivity index (χ0n) is 10.8.